The fourth-order valence-electron chi connectivity index (χ4n) is 2.94. The van der Waals surface area contributed by atoms with Crippen LogP contribution < -0.4 is 9.80 Å². The number of hydrogen-bond acceptors (Lipinski definition) is 6. The first-order valence-corrected chi connectivity index (χ1v) is 7.80. The van der Waals surface area contributed by atoms with Gasteiger partial charge in [-0.15, -0.1) is 0 Å². The van der Waals surface area contributed by atoms with Crippen LogP contribution in [-0.4, -0.2) is 51.1 Å². The first-order chi connectivity index (χ1) is 12.4. The van der Waals surface area contributed by atoms with Crippen molar-refractivity contribution in [3.8, 4) is 0 Å². The largest absolute Gasteiger partial charge is 0.417 e. The Hall–Kier alpha value is -2.98. The Morgan fingerprint density at radius 1 is 0.923 bits per heavy atom. The smallest absolute Gasteiger partial charge is 0.351 e. The molecule has 0 amide bonds. The van der Waals surface area contributed by atoms with Crippen LogP contribution in [0.2, 0.25) is 0 Å². The maximum absolute atomic E-state index is 14.1. The highest BCUT2D eigenvalue weighted by atomic mass is 19.4. The summed E-state index contributed by atoms with van der Waals surface area (Å²) in [6.07, 6.45) is -1.01. The van der Waals surface area contributed by atoms with E-state index in [2.05, 4.69) is 24.9 Å². The molecule has 0 radical (unpaired) electrons. The van der Waals surface area contributed by atoms with Gasteiger partial charge in [0.05, 0.1) is 11.9 Å². The summed E-state index contributed by atoms with van der Waals surface area (Å²) < 4.78 is 52.0. The number of piperazine rings is 1. The highest BCUT2D eigenvalue weighted by molar-refractivity contribution is 5.82. The molecule has 0 aromatic carbocycles. The SMILES string of the molecule is Fc1cc(C(F)(F)F)cnc1N1CCN(c2ncnc3nc[nH]c23)CC1. The molecule has 4 heterocycles. The Kier molecular flexibility index (Phi) is 3.85. The maximum Gasteiger partial charge on any atom is 0.417 e. The van der Waals surface area contributed by atoms with Gasteiger partial charge in [-0.3, -0.25) is 0 Å². The third kappa shape index (κ3) is 2.89. The molecule has 7 nitrogen and oxygen atoms in total. The second kappa shape index (κ2) is 6.07. The number of rotatable bonds is 2. The van der Waals surface area contributed by atoms with Crippen LogP contribution in [0.25, 0.3) is 11.2 Å². The zero-order valence-electron chi connectivity index (χ0n) is 13.3. The van der Waals surface area contributed by atoms with Gasteiger partial charge in [0.1, 0.15) is 11.8 Å². The molecule has 136 valence electrons. The van der Waals surface area contributed by atoms with Crippen LogP contribution in [0.5, 0.6) is 0 Å². The third-order valence-electron chi connectivity index (χ3n) is 4.23. The molecule has 1 aliphatic rings. The van der Waals surface area contributed by atoms with Crippen molar-refractivity contribution in [3.63, 3.8) is 0 Å². The van der Waals surface area contributed by atoms with Crippen molar-refractivity contribution in [3.05, 3.63) is 36.3 Å². The number of anilines is 2. The number of fused-ring (bicyclic) bond motifs is 1. The highest BCUT2D eigenvalue weighted by Crippen LogP contribution is 2.31. The number of alkyl halides is 3. The predicted molar refractivity (Wildman–Crippen MR) is 85.3 cm³/mol. The van der Waals surface area contributed by atoms with Crippen LogP contribution >= 0.6 is 0 Å². The van der Waals surface area contributed by atoms with E-state index >= 15 is 0 Å². The molecule has 0 bridgehead atoms. The van der Waals surface area contributed by atoms with Crippen LogP contribution in [0, 0.1) is 5.82 Å². The summed E-state index contributed by atoms with van der Waals surface area (Å²) in [5, 5.41) is 0. The Labute approximate surface area is 144 Å². The van der Waals surface area contributed by atoms with Gasteiger partial charge in [0.25, 0.3) is 0 Å². The van der Waals surface area contributed by atoms with Gasteiger partial charge >= 0.3 is 6.18 Å². The van der Waals surface area contributed by atoms with E-state index in [0.717, 1.165) is 0 Å². The molecule has 11 heteroatoms. The lowest BCUT2D eigenvalue weighted by atomic mass is 10.2. The summed E-state index contributed by atoms with van der Waals surface area (Å²) in [6, 6.07) is 0.479. The van der Waals surface area contributed by atoms with E-state index in [1.165, 1.54) is 12.7 Å². The summed E-state index contributed by atoms with van der Waals surface area (Å²) in [5.74, 6) is -0.369. The van der Waals surface area contributed by atoms with Crippen LogP contribution in [0.15, 0.2) is 24.9 Å². The van der Waals surface area contributed by atoms with Crippen LogP contribution in [0.4, 0.5) is 29.2 Å². The van der Waals surface area contributed by atoms with Crippen LogP contribution in [0.1, 0.15) is 5.56 Å². The second-order valence-electron chi connectivity index (χ2n) is 5.80. The van der Waals surface area contributed by atoms with Crippen LogP contribution in [-0.2, 0) is 6.18 Å². The standard InChI is InChI=1S/C15H13F4N7/c16-10-5-9(15(17,18)19)6-20-13(10)25-1-3-26(4-2-25)14-11-12(22-7-21-11)23-8-24-14/h5-8H,1-4H2,(H,21,22,23,24). The molecule has 26 heavy (non-hydrogen) atoms. The van der Waals surface area contributed by atoms with E-state index in [-0.39, 0.29) is 5.82 Å². The molecule has 1 N–H and O–H groups in total. The number of pyridine rings is 1. The zero-order valence-corrected chi connectivity index (χ0v) is 13.3. The van der Waals surface area contributed by atoms with Crippen molar-refractivity contribution >= 4 is 22.8 Å². The lowest BCUT2D eigenvalue weighted by Crippen LogP contribution is -2.47. The van der Waals surface area contributed by atoms with Gasteiger partial charge in [0.15, 0.2) is 23.1 Å². The van der Waals surface area contributed by atoms with Gasteiger partial charge in [-0.2, -0.15) is 13.2 Å². The molecule has 4 rings (SSSR count). The van der Waals surface area contributed by atoms with Gasteiger partial charge in [-0.05, 0) is 6.07 Å². The fourth-order valence-corrected chi connectivity index (χ4v) is 2.94. The van der Waals surface area contributed by atoms with Gasteiger partial charge in [-0.1, -0.05) is 0 Å². The average molecular weight is 367 g/mol. The molecular weight excluding hydrogens is 354 g/mol. The lowest BCUT2D eigenvalue weighted by molar-refractivity contribution is -0.138. The highest BCUT2D eigenvalue weighted by Gasteiger charge is 2.33. The van der Waals surface area contributed by atoms with E-state index in [9.17, 15) is 17.6 Å². The molecular formula is C15H13F4N7. The number of aromatic nitrogens is 5. The topological polar surface area (TPSA) is 73.8 Å². The number of nitrogens with one attached hydrogen (secondary N) is 1. The van der Waals surface area contributed by atoms with Crippen molar-refractivity contribution in [2.24, 2.45) is 0 Å². The number of H-pyrrole nitrogens is 1. The van der Waals surface area contributed by atoms with E-state index < -0.39 is 17.6 Å². The Balaban J connectivity index is 1.51. The molecule has 1 fully saturated rings. The monoisotopic (exact) mass is 367 g/mol. The molecule has 1 saturated heterocycles. The Morgan fingerprint density at radius 3 is 2.27 bits per heavy atom. The number of halogens is 4. The van der Waals surface area contributed by atoms with Crippen molar-refractivity contribution in [2.45, 2.75) is 6.18 Å². The number of hydrogen-bond donors (Lipinski definition) is 1. The van der Waals surface area contributed by atoms with E-state index in [1.54, 1.807) is 4.90 Å². The Bertz CT molecular complexity index is 931. The zero-order chi connectivity index (χ0) is 18.3. The fraction of sp³-hybridized carbons (Fsp3) is 0.333. The van der Waals surface area contributed by atoms with Gasteiger partial charge in [0.2, 0.25) is 0 Å². The molecule has 3 aromatic rings. The summed E-state index contributed by atoms with van der Waals surface area (Å²) in [5.41, 5.74) is 0.160. The molecule has 0 aliphatic carbocycles. The normalized spacial score (nSPS) is 15.7. The van der Waals surface area contributed by atoms with E-state index in [0.29, 0.717) is 55.4 Å². The first kappa shape index (κ1) is 16.5. The minimum Gasteiger partial charge on any atom is -0.351 e. The molecule has 0 unspecified atom stereocenters. The molecule has 0 spiro atoms. The van der Waals surface area contributed by atoms with Gasteiger partial charge in [0, 0.05) is 32.4 Å². The minimum absolute atomic E-state index is 0.0768. The summed E-state index contributed by atoms with van der Waals surface area (Å²) >= 11 is 0. The molecule has 1 aliphatic heterocycles. The quantitative estimate of drug-likeness (QED) is 0.701. The van der Waals surface area contributed by atoms with Crippen molar-refractivity contribution < 1.29 is 17.6 Å². The molecule has 3 aromatic heterocycles. The summed E-state index contributed by atoms with van der Waals surface area (Å²) in [4.78, 5) is 22.7. The molecule has 0 saturated carbocycles. The van der Waals surface area contributed by atoms with Gasteiger partial charge < -0.3 is 14.8 Å². The third-order valence-corrected chi connectivity index (χ3v) is 4.23. The van der Waals surface area contributed by atoms with Crippen molar-refractivity contribution in [1.82, 2.24) is 24.9 Å². The van der Waals surface area contributed by atoms with E-state index in [1.807, 2.05) is 4.90 Å². The maximum atomic E-state index is 14.1. The first-order valence-electron chi connectivity index (χ1n) is 7.80. The van der Waals surface area contributed by atoms with Crippen molar-refractivity contribution in [2.75, 3.05) is 36.0 Å². The summed E-state index contributed by atoms with van der Waals surface area (Å²) in [6.45, 7) is 1.81. The minimum atomic E-state index is -4.62. The lowest BCUT2D eigenvalue weighted by Gasteiger charge is -2.36. The van der Waals surface area contributed by atoms with E-state index in [4.69, 9.17) is 0 Å². The molecule has 0 atom stereocenters. The number of aromatic amines is 1. The predicted octanol–water partition coefficient (Wildman–Crippen LogP) is 2.23. The number of imidazole rings is 1. The summed E-state index contributed by atoms with van der Waals surface area (Å²) in [7, 11) is 0. The Morgan fingerprint density at radius 2 is 1.62 bits per heavy atom. The van der Waals surface area contributed by atoms with Gasteiger partial charge in [-0.25, -0.2) is 24.3 Å². The second-order valence-corrected chi connectivity index (χ2v) is 5.80. The van der Waals surface area contributed by atoms with Crippen molar-refractivity contribution in [1.29, 1.82) is 0 Å². The average Bonchev–Trinajstić information content (AvgIpc) is 3.10. The van der Waals surface area contributed by atoms with Crippen LogP contribution in [0.3, 0.4) is 0 Å². The number of nitrogens with zero attached hydrogens (tertiary/aromatic N) is 6.